The zero-order valence-electron chi connectivity index (χ0n) is 12.7. The average molecular weight is 324 g/mol. The van der Waals surface area contributed by atoms with Gasteiger partial charge in [0, 0.05) is 25.0 Å². The number of aromatic nitrogens is 1. The van der Waals surface area contributed by atoms with E-state index >= 15 is 0 Å². The summed E-state index contributed by atoms with van der Waals surface area (Å²) in [7, 11) is 0. The molecule has 0 bridgehead atoms. The van der Waals surface area contributed by atoms with E-state index in [1.165, 1.54) is 6.07 Å². The molecule has 1 aromatic carbocycles. The molecule has 2 unspecified atom stereocenters. The molecular weight excluding hydrogens is 305 g/mol. The third-order valence-electron chi connectivity index (χ3n) is 3.58. The minimum absolute atomic E-state index is 0.0104. The van der Waals surface area contributed by atoms with Crippen LogP contribution < -0.4 is 5.32 Å². The maximum atomic E-state index is 13.0. The number of rotatable bonds is 6. The molecule has 0 saturated heterocycles. The molecule has 0 radical (unpaired) electrons. The highest BCUT2D eigenvalue weighted by molar-refractivity contribution is 5.34. The molecule has 0 fully saturated rings. The van der Waals surface area contributed by atoms with Gasteiger partial charge in [0.05, 0.1) is 11.6 Å². The Hall–Kier alpha value is -1.92. The molecule has 0 aliphatic carbocycles. The summed E-state index contributed by atoms with van der Waals surface area (Å²) in [6.45, 7) is 1.89. The molecule has 2 rings (SSSR count). The van der Waals surface area contributed by atoms with E-state index in [-0.39, 0.29) is 12.6 Å². The van der Waals surface area contributed by atoms with Crippen molar-refractivity contribution >= 4 is 0 Å². The minimum atomic E-state index is -4.38. The molecular formula is C17H19F3N2O. The smallest absolute Gasteiger partial charge is 0.396 e. The molecule has 0 aliphatic heterocycles. The highest BCUT2D eigenvalue weighted by atomic mass is 19.4. The molecule has 0 amide bonds. The molecule has 2 atom stereocenters. The summed E-state index contributed by atoms with van der Waals surface area (Å²) in [6, 6.07) is 8.35. The third-order valence-corrected chi connectivity index (χ3v) is 3.58. The van der Waals surface area contributed by atoms with Gasteiger partial charge in [0.1, 0.15) is 0 Å². The first-order chi connectivity index (χ1) is 10.9. The summed E-state index contributed by atoms with van der Waals surface area (Å²) in [5.74, 6) is 0. The Morgan fingerprint density at radius 3 is 2.52 bits per heavy atom. The van der Waals surface area contributed by atoms with Crippen LogP contribution in [0.25, 0.3) is 0 Å². The summed E-state index contributed by atoms with van der Waals surface area (Å²) in [4.78, 5) is 4.04. The fourth-order valence-electron chi connectivity index (χ4n) is 2.39. The van der Waals surface area contributed by atoms with E-state index in [9.17, 15) is 13.2 Å². The SMILES string of the molecule is CC(CCO)NC(c1cccnc1)c1cccc(C(F)(F)F)c1. The van der Waals surface area contributed by atoms with Crippen LogP contribution in [0, 0.1) is 0 Å². The van der Waals surface area contributed by atoms with Crippen molar-refractivity contribution in [3.63, 3.8) is 0 Å². The van der Waals surface area contributed by atoms with Gasteiger partial charge in [-0.25, -0.2) is 0 Å². The Kier molecular flexibility index (Phi) is 5.74. The number of nitrogens with one attached hydrogen (secondary N) is 1. The van der Waals surface area contributed by atoms with Crippen LogP contribution in [0.1, 0.15) is 36.1 Å². The summed E-state index contributed by atoms with van der Waals surface area (Å²) in [5, 5.41) is 12.3. The standard InChI is InChI=1S/C17H19F3N2O/c1-12(7-9-23)22-16(14-5-3-8-21-11-14)13-4-2-6-15(10-13)17(18,19)20/h2-6,8,10-12,16,22-23H,7,9H2,1H3. The van der Waals surface area contributed by atoms with Crippen LogP contribution in [0.3, 0.4) is 0 Å². The van der Waals surface area contributed by atoms with Gasteiger partial charge >= 0.3 is 6.18 Å². The first-order valence-electron chi connectivity index (χ1n) is 7.36. The van der Waals surface area contributed by atoms with Crippen LogP contribution in [-0.2, 0) is 6.18 Å². The predicted octanol–water partition coefficient (Wildman–Crippen LogP) is 3.55. The normalized spacial score (nSPS) is 14.5. The van der Waals surface area contributed by atoms with E-state index in [2.05, 4.69) is 10.3 Å². The monoisotopic (exact) mass is 324 g/mol. The van der Waals surface area contributed by atoms with Crippen LogP contribution in [0.5, 0.6) is 0 Å². The number of alkyl halides is 3. The van der Waals surface area contributed by atoms with E-state index < -0.39 is 17.8 Å². The van der Waals surface area contributed by atoms with Crippen molar-refractivity contribution in [2.75, 3.05) is 6.61 Å². The molecule has 1 aromatic heterocycles. The van der Waals surface area contributed by atoms with E-state index in [1.54, 1.807) is 24.5 Å². The van der Waals surface area contributed by atoms with Crippen molar-refractivity contribution in [3.8, 4) is 0 Å². The number of aliphatic hydroxyl groups excluding tert-OH is 1. The van der Waals surface area contributed by atoms with E-state index in [0.29, 0.717) is 12.0 Å². The first-order valence-corrected chi connectivity index (χ1v) is 7.36. The molecule has 0 aliphatic rings. The highest BCUT2D eigenvalue weighted by Gasteiger charge is 2.31. The molecule has 6 heteroatoms. The van der Waals surface area contributed by atoms with Crippen LogP contribution in [0.15, 0.2) is 48.8 Å². The fraction of sp³-hybridized carbons (Fsp3) is 0.353. The zero-order valence-corrected chi connectivity index (χ0v) is 12.7. The lowest BCUT2D eigenvalue weighted by atomic mass is 9.97. The predicted molar refractivity (Wildman–Crippen MR) is 81.8 cm³/mol. The van der Waals surface area contributed by atoms with Gasteiger partial charge in [-0.15, -0.1) is 0 Å². The summed E-state index contributed by atoms with van der Waals surface area (Å²) < 4.78 is 38.9. The molecule has 124 valence electrons. The lowest BCUT2D eigenvalue weighted by Crippen LogP contribution is -2.32. The second kappa shape index (κ2) is 7.57. The Labute approximate surface area is 133 Å². The summed E-state index contributed by atoms with van der Waals surface area (Å²) >= 11 is 0. The van der Waals surface area contributed by atoms with Gasteiger partial charge < -0.3 is 10.4 Å². The second-order valence-corrected chi connectivity index (χ2v) is 5.42. The van der Waals surface area contributed by atoms with Crippen molar-refractivity contribution < 1.29 is 18.3 Å². The Morgan fingerprint density at radius 2 is 1.91 bits per heavy atom. The number of halogens is 3. The number of hydrogen-bond donors (Lipinski definition) is 2. The quantitative estimate of drug-likeness (QED) is 0.854. The van der Waals surface area contributed by atoms with Crippen LogP contribution >= 0.6 is 0 Å². The number of benzene rings is 1. The third kappa shape index (κ3) is 4.77. The van der Waals surface area contributed by atoms with Crippen molar-refractivity contribution in [1.29, 1.82) is 0 Å². The molecule has 0 spiro atoms. The van der Waals surface area contributed by atoms with Gasteiger partial charge in [-0.1, -0.05) is 18.2 Å². The highest BCUT2D eigenvalue weighted by Crippen LogP contribution is 2.32. The summed E-state index contributed by atoms with van der Waals surface area (Å²) in [6.07, 6.45) is -0.630. The first kappa shape index (κ1) is 17.4. The second-order valence-electron chi connectivity index (χ2n) is 5.42. The molecule has 2 aromatic rings. The zero-order chi connectivity index (χ0) is 16.9. The average Bonchev–Trinajstić information content (AvgIpc) is 2.53. The minimum Gasteiger partial charge on any atom is -0.396 e. The van der Waals surface area contributed by atoms with Crippen LogP contribution in [0.4, 0.5) is 13.2 Å². The van der Waals surface area contributed by atoms with E-state index in [1.807, 2.05) is 13.0 Å². The lowest BCUT2D eigenvalue weighted by molar-refractivity contribution is -0.137. The maximum Gasteiger partial charge on any atom is 0.416 e. The maximum absolute atomic E-state index is 13.0. The number of pyridine rings is 1. The molecule has 2 N–H and O–H groups in total. The number of aliphatic hydroxyl groups is 1. The van der Waals surface area contributed by atoms with Crippen molar-refractivity contribution in [1.82, 2.24) is 10.3 Å². The van der Waals surface area contributed by atoms with Gasteiger partial charge in [-0.3, -0.25) is 4.98 Å². The van der Waals surface area contributed by atoms with Crippen LogP contribution in [-0.4, -0.2) is 22.7 Å². The van der Waals surface area contributed by atoms with Crippen molar-refractivity contribution in [2.24, 2.45) is 0 Å². The summed E-state index contributed by atoms with van der Waals surface area (Å²) in [5.41, 5.74) is 0.606. The van der Waals surface area contributed by atoms with Gasteiger partial charge in [-0.2, -0.15) is 13.2 Å². The molecule has 23 heavy (non-hydrogen) atoms. The van der Waals surface area contributed by atoms with Gasteiger partial charge in [0.2, 0.25) is 0 Å². The topological polar surface area (TPSA) is 45.1 Å². The number of hydrogen-bond acceptors (Lipinski definition) is 3. The largest absolute Gasteiger partial charge is 0.416 e. The van der Waals surface area contributed by atoms with Crippen LogP contribution in [0.2, 0.25) is 0 Å². The van der Waals surface area contributed by atoms with Gasteiger partial charge in [-0.05, 0) is 42.7 Å². The van der Waals surface area contributed by atoms with E-state index in [0.717, 1.165) is 17.7 Å². The number of nitrogens with zero attached hydrogens (tertiary/aromatic N) is 1. The molecule has 3 nitrogen and oxygen atoms in total. The fourth-order valence-corrected chi connectivity index (χ4v) is 2.39. The Balaban J connectivity index is 2.37. The molecule has 0 saturated carbocycles. The molecule has 1 heterocycles. The lowest BCUT2D eigenvalue weighted by Gasteiger charge is -2.24. The Morgan fingerprint density at radius 1 is 1.17 bits per heavy atom. The van der Waals surface area contributed by atoms with Gasteiger partial charge in [0.15, 0.2) is 0 Å². The van der Waals surface area contributed by atoms with Gasteiger partial charge in [0.25, 0.3) is 0 Å². The van der Waals surface area contributed by atoms with Crippen molar-refractivity contribution in [3.05, 3.63) is 65.5 Å². The van der Waals surface area contributed by atoms with E-state index in [4.69, 9.17) is 5.11 Å². The Bertz CT molecular complexity index is 617. The van der Waals surface area contributed by atoms with Crippen molar-refractivity contribution in [2.45, 2.75) is 31.6 Å².